The quantitative estimate of drug-likeness (QED) is 0.813. The van der Waals surface area contributed by atoms with Crippen LogP contribution in [0.1, 0.15) is 11.3 Å². The van der Waals surface area contributed by atoms with E-state index in [2.05, 4.69) is 22.2 Å². The fraction of sp³-hybridized carbons (Fsp3) is 0.438. The van der Waals surface area contributed by atoms with Crippen LogP contribution < -0.4 is 4.74 Å². The molecule has 0 amide bonds. The molecule has 0 bridgehead atoms. The summed E-state index contributed by atoms with van der Waals surface area (Å²) in [6.07, 6.45) is 0.737. The maximum Gasteiger partial charge on any atom is 0.254 e. The van der Waals surface area contributed by atoms with Gasteiger partial charge < -0.3 is 14.0 Å². The highest BCUT2D eigenvalue weighted by Gasteiger charge is 2.11. The minimum Gasteiger partial charge on any atom is -0.474 e. The SMILES string of the molecule is c1ccc(Cc2cc(OCCN3CCOCC3)no2)cc1. The van der Waals surface area contributed by atoms with Crippen LogP contribution in [0, 0.1) is 0 Å². The molecule has 2 aromatic rings. The van der Waals surface area contributed by atoms with Gasteiger partial charge in [0.1, 0.15) is 12.4 Å². The average Bonchev–Trinajstić information content (AvgIpc) is 2.97. The van der Waals surface area contributed by atoms with E-state index < -0.39 is 0 Å². The Bertz CT molecular complexity index is 535. The molecule has 1 aliphatic heterocycles. The van der Waals surface area contributed by atoms with Crippen molar-refractivity contribution >= 4 is 0 Å². The number of rotatable bonds is 6. The lowest BCUT2D eigenvalue weighted by atomic mass is 10.1. The smallest absolute Gasteiger partial charge is 0.254 e. The van der Waals surface area contributed by atoms with Gasteiger partial charge in [-0.2, -0.15) is 0 Å². The van der Waals surface area contributed by atoms with Gasteiger partial charge in [-0.1, -0.05) is 30.3 Å². The van der Waals surface area contributed by atoms with Gasteiger partial charge in [-0.25, -0.2) is 0 Å². The number of nitrogens with zero attached hydrogens (tertiary/aromatic N) is 2. The van der Waals surface area contributed by atoms with E-state index in [9.17, 15) is 0 Å². The summed E-state index contributed by atoms with van der Waals surface area (Å²) in [6, 6.07) is 12.1. The first kappa shape index (κ1) is 14.1. The summed E-state index contributed by atoms with van der Waals surface area (Å²) in [4.78, 5) is 2.33. The van der Waals surface area contributed by atoms with Crippen molar-refractivity contribution in [2.45, 2.75) is 6.42 Å². The third-order valence-corrected chi connectivity index (χ3v) is 3.52. The standard InChI is InChI=1S/C16H20N2O3/c1-2-4-14(5-3-1)12-15-13-16(17-21-15)20-11-8-18-6-9-19-10-7-18/h1-5,13H,6-12H2. The fourth-order valence-corrected chi connectivity index (χ4v) is 2.35. The Morgan fingerprint density at radius 2 is 1.95 bits per heavy atom. The molecule has 2 heterocycles. The van der Waals surface area contributed by atoms with E-state index in [4.69, 9.17) is 14.0 Å². The first-order chi connectivity index (χ1) is 10.4. The molecule has 0 spiro atoms. The molecule has 0 saturated carbocycles. The molecule has 0 radical (unpaired) electrons. The summed E-state index contributed by atoms with van der Waals surface area (Å²) in [6.45, 7) is 5.08. The summed E-state index contributed by atoms with van der Waals surface area (Å²) in [7, 11) is 0. The summed E-state index contributed by atoms with van der Waals surface area (Å²) in [5.74, 6) is 1.39. The lowest BCUT2D eigenvalue weighted by Crippen LogP contribution is -2.38. The van der Waals surface area contributed by atoms with Crippen molar-refractivity contribution in [3.8, 4) is 5.88 Å². The molecule has 112 valence electrons. The van der Waals surface area contributed by atoms with Crippen molar-refractivity contribution in [2.24, 2.45) is 0 Å². The molecule has 0 aliphatic carbocycles. The molecule has 1 fully saturated rings. The molecular formula is C16H20N2O3. The molecule has 5 heteroatoms. The number of aromatic nitrogens is 1. The normalized spacial score (nSPS) is 16.0. The molecule has 5 nitrogen and oxygen atoms in total. The van der Waals surface area contributed by atoms with Crippen molar-refractivity contribution in [1.82, 2.24) is 10.1 Å². The van der Waals surface area contributed by atoms with E-state index in [1.165, 1.54) is 5.56 Å². The molecule has 0 N–H and O–H groups in total. The Morgan fingerprint density at radius 1 is 1.14 bits per heavy atom. The zero-order valence-electron chi connectivity index (χ0n) is 12.0. The van der Waals surface area contributed by atoms with E-state index in [1.807, 2.05) is 24.3 Å². The molecule has 1 aliphatic rings. The predicted octanol–water partition coefficient (Wildman–Crippen LogP) is 1.98. The number of ether oxygens (including phenoxy) is 2. The van der Waals surface area contributed by atoms with Gasteiger partial charge in [0.05, 0.1) is 13.2 Å². The highest BCUT2D eigenvalue weighted by atomic mass is 16.5. The Kier molecular flexibility index (Phi) is 4.86. The van der Waals surface area contributed by atoms with Gasteiger partial charge in [0, 0.05) is 32.1 Å². The van der Waals surface area contributed by atoms with E-state index >= 15 is 0 Å². The average molecular weight is 288 g/mol. The van der Waals surface area contributed by atoms with Gasteiger partial charge in [0.15, 0.2) is 0 Å². The zero-order chi connectivity index (χ0) is 14.3. The summed E-state index contributed by atoms with van der Waals surface area (Å²) >= 11 is 0. The minimum atomic E-state index is 0.564. The summed E-state index contributed by atoms with van der Waals surface area (Å²) in [5, 5.41) is 3.95. The van der Waals surface area contributed by atoms with Crippen LogP contribution >= 0.6 is 0 Å². The van der Waals surface area contributed by atoms with Crippen molar-refractivity contribution in [3.63, 3.8) is 0 Å². The van der Waals surface area contributed by atoms with Gasteiger partial charge in [-0.05, 0) is 10.7 Å². The molecule has 3 rings (SSSR count). The van der Waals surface area contributed by atoms with Gasteiger partial charge in [-0.15, -0.1) is 0 Å². The van der Waals surface area contributed by atoms with Crippen molar-refractivity contribution in [2.75, 3.05) is 39.5 Å². The molecule has 1 aromatic heterocycles. The highest BCUT2D eigenvalue weighted by Crippen LogP contribution is 2.15. The predicted molar refractivity (Wildman–Crippen MR) is 78.5 cm³/mol. The van der Waals surface area contributed by atoms with Crippen LogP contribution in [0.3, 0.4) is 0 Å². The van der Waals surface area contributed by atoms with Gasteiger partial charge in [-0.3, -0.25) is 4.90 Å². The van der Waals surface area contributed by atoms with Crippen LogP contribution in [-0.4, -0.2) is 49.5 Å². The third-order valence-electron chi connectivity index (χ3n) is 3.52. The Labute approximate surface area is 124 Å². The zero-order valence-corrected chi connectivity index (χ0v) is 12.0. The summed E-state index contributed by atoms with van der Waals surface area (Å²) in [5.41, 5.74) is 1.20. The van der Waals surface area contributed by atoms with Crippen LogP contribution in [0.5, 0.6) is 5.88 Å². The monoisotopic (exact) mass is 288 g/mol. The summed E-state index contributed by atoms with van der Waals surface area (Å²) < 4.78 is 16.3. The Balaban J connectivity index is 1.44. The van der Waals surface area contributed by atoms with Crippen LogP contribution in [-0.2, 0) is 11.2 Å². The van der Waals surface area contributed by atoms with Crippen LogP contribution in [0.4, 0.5) is 0 Å². The molecule has 0 atom stereocenters. The van der Waals surface area contributed by atoms with E-state index in [0.717, 1.165) is 45.0 Å². The lowest BCUT2D eigenvalue weighted by Gasteiger charge is -2.26. The second-order valence-corrected chi connectivity index (χ2v) is 5.10. The first-order valence-electron chi connectivity index (χ1n) is 7.32. The third kappa shape index (κ3) is 4.31. The second-order valence-electron chi connectivity index (χ2n) is 5.10. The molecule has 1 aromatic carbocycles. The second kappa shape index (κ2) is 7.24. The topological polar surface area (TPSA) is 47.7 Å². The largest absolute Gasteiger partial charge is 0.474 e. The first-order valence-corrected chi connectivity index (χ1v) is 7.32. The lowest BCUT2D eigenvalue weighted by molar-refractivity contribution is 0.0318. The van der Waals surface area contributed by atoms with Crippen molar-refractivity contribution in [3.05, 3.63) is 47.7 Å². The van der Waals surface area contributed by atoms with E-state index in [1.54, 1.807) is 0 Å². The van der Waals surface area contributed by atoms with E-state index in [-0.39, 0.29) is 0 Å². The van der Waals surface area contributed by atoms with Crippen molar-refractivity contribution < 1.29 is 14.0 Å². The number of benzene rings is 1. The van der Waals surface area contributed by atoms with Gasteiger partial charge in [0.25, 0.3) is 5.88 Å². The van der Waals surface area contributed by atoms with Crippen molar-refractivity contribution in [1.29, 1.82) is 0 Å². The molecular weight excluding hydrogens is 268 g/mol. The van der Waals surface area contributed by atoms with Crippen LogP contribution in [0.15, 0.2) is 40.9 Å². The molecule has 21 heavy (non-hydrogen) atoms. The Morgan fingerprint density at radius 3 is 2.76 bits per heavy atom. The minimum absolute atomic E-state index is 0.564. The maximum absolute atomic E-state index is 5.64. The molecule has 1 saturated heterocycles. The van der Waals surface area contributed by atoms with E-state index in [0.29, 0.717) is 12.5 Å². The molecule has 0 unspecified atom stereocenters. The number of hydrogen-bond acceptors (Lipinski definition) is 5. The maximum atomic E-state index is 5.64. The van der Waals surface area contributed by atoms with Crippen LogP contribution in [0.25, 0.3) is 0 Å². The number of morpholine rings is 1. The number of hydrogen-bond donors (Lipinski definition) is 0. The van der Waals surface area contributed by atoms with Gasteiger partial charge in [0.2, 0.25) is 0 Å². The highest BCUT2D eigenvalue weighted by molar-refractivity contribution is 5.22. The fourth-order valence-electron chi connectivity index (χ4n) is 2.35. The van der Waals surface area contributed by atoms with Crippen LogP contribution in [0.2, 0.25) is 0 Å². The Hall–Kier alpha value is -1.85. The van der Waals surface area contributed by atoms with Gasteiger partial charge >= 0.3 is 0 Å².